The second-order valence-electron chi connectivity index (χ2n) is 7.93. The average molecular weight is 473 g/mol. The summed E-state index contributed by atoms with van der Waals surface area (Å²) in [5.41, 5.74) is -0.255. The van der Waals surface area contributed by atoms with Crippen LogP contribution in [0.3, 0.4) is 0 Å². The van der Waals surface area contributed by atoms with Crippen molar-refractivity contribution in [1.29, 1.82) is 0 Å². The highest BCUT2D eigenvalue weighted by Gasteiger charge is 2.62. The van der Waals surface area contributed by atoms with E-state index in [2.05, 4.69) is 0 Å². The van der Waals surface area contributed by atoms with Gasteiger partial charge in [-0.1, -0.05) is 11.6 Å². The first kappa shape index (κ1) is 22.5. The standard InChI is InChI=1S/C22H23ClF2O5S/c1-28-11-15-16-12-30-21-18(25)8-7-17(24)20(21)22(16,10-9-19(15)29-2)31(26,27)14-5-3-13(23)4-6-14/h3-8,15-16,19H,9-12H2,1-2H3/t15-,16-,19+,22-/m0/s1. The molecule has 0 aromatic heterocycles. The van der Waals surface area contributed by atoms with Crippen LogP contribution in [0.1, 0.15) is 18.4 Å². The van der Waals surface area contributed by atoms with Gasteiger partial charge in [-0.15, -0.1) is 0 Å². The first-order valence-electron chi connectivity index (χ1n) is 9.91. The molecule has 0 unspecified atom stereocenters. The third kappa shape index (κ3) is 3.35. The number of methoxy groups -OCH3 is 2. The minimum absolute atomic E-state index is 0.00885. The van der Waals surface area contributed by atoms with E-state index >= 15 is 4.39 Å². The van der Waals surface area contributed by atoms with Gasteiger partial charge in [-0.25, -0.2) is 17.2 Å². The molecule has 168 valence electrons. The number of rotatable bonds is 5. The van der Waals surface area contributed by atoms with Crippen LogP contribution in [-0.2, 0) is 24.1 Å². The van der Waals surface area contributed by atoms with E-state index in [1.54, 1.807) is 7.11 Å². The highest BCUT2D eigenvalue weighted by atomic mass is 35.5. The highest BCUT2D eigenvalue weighted by Crippen LogP contribution is 2.58. The number of hydrogen-bond acceptors (Lipinski definition) is 5. The minimum Gasteiger partial charge on any atom is -0.490 e. The smallest absolute Gasteiger partial charge is 0.188 e. The molecule has 0 saturated heterocycles. The molecule has 1 heterocycles. The van der Waals surface area contributed by atoms with Gasteiger partial charge in [0.25, 0.3) is 0 Å². The molecule has 9 heteroatoms. The van der Waals surface area contributed by atoms with Crippen molar-refractivity contribution in [2.45, 2.75) is 28.6 Å². The van der Waals surface area contributed by atoms with E-state index in [1.165, 1.54) is 31.4 Å². The van der Waals surface area contributed by atoms with Crippen LogP contribution in [0.4, 0.5) is 8.78 Å². The summed E-state index contributed by atoms with van der Waals surface area (Å²) in [6, 6.07) is 7.62. The number of benzene rings is 2. The van der Waals surface area contributed by atoms with Gasteiger partial charge < -0.3 is 14.2 Å². The molecule has 2 aromatic rings. The Balaban J connectivity index is 2.02. The topological polar surface area (TPSA) is 61.8 Å². The number of halogens is 3. The van der Waals surface area contributed by atoms with Crippen LogP contribution in [0.25, 0.3) is 0 Å². The van der Waals surface area contributed by atoms with Crippen LogP contribution in [-0.4, -0.2) is 42.0 Å². The van der Waals surface area contributed by atoms with Gasteiger partial charge in [0.15, 0.2) is 21.4 Å². The molecule has 1 fully saturated rings. The Morgan fingerprint density at radius 3 is 2.45 bits per heavy atom. The summed E-state index contributed by atoms with van der Waals surface area (Å²) in [5.74, 6) is -3.07. The molecular weight excluding hydrogens is 450 g/mol. The molecule has 2 aliphatic rings. The second-order valence-corrected chi connectivity index (χ2v) is 10.6. The largest absolute Gasteiger partial charge is 0.490 e. The lowest BCUT2D eigenvalue weighted by atomic mass is 9.66. The molecule has 0 bridgehead atoms. The summed E-state index contributed by atoms with van der Waals surface area (Å²) in [5, 5.41) is 0.373. The van der Waals surface area contributed by atoms with Crippen molar-refractivity contribution in [3.8, 4) is 5.75 Å². The molecule has 2 aromatic carbocycles. The predicted molar refractivity (Wildman–Crippen MR) is 111 cm³/mol. The number of sulfone groups is 1. The fourth-order valence-electron chi connectivity index (χ4n) is 5.17. The number of ether oxygens (including phenoxy) is 3. The average Bonchev–Trinajstić information content (AvgIpc) is 2.76. The molecular formula is C22H23ClF2O5S. The van der Waals surface area contributed by atoms with Crippen molar-refractivity contribution in [3.05, 3.63) is 58.6 Å². The Labute approximate surface area is 185 Å². The summed E-state index contributed by atoms with van der Waals surface area (Å²) in [6.45, 7) is 0.0881. The maximum Gasteiger partial charge on any atom is 0.188 e. The lowest BCUT2D eigenvalue weighted by Crippen LogP contribution is -2.58. The van der Waals surface area contributed by atoms with Crippen LogP contribution < -0.4 is 4.74 Å². The third-order valence-corrected chi connectivity index (χ3v) is 9.36. The van der Waals surface area contributed by atoms with E-state index in [0.717, 1.165) is 12.1 Å². The van der Waals surface area contributed by atoms with Gasteiger partial charge in [0.2, 0.25) is 0 Å². The monoisotopic (exact) mass is 472 g/mol. The van der Waals surface area contributed by atoms with Gasteiger partial charge in [-0.05, 0) is 49.2 Å². The van der Waals surface area contributed by atoms with E-state index in [9.17, 15) is 12.8 Å². The molecule has 4 rings (SSSR count). The zero-order valence-corrected chi connectivity index (χ0v) is 18.7. The molecule has 1 saturated carbocycles. The van der Waals surface area contributed by atoms with Gasteiger partial charge in [-0.3, -0.25) is 0 Å². The number of hydrogen-bond donors (Lipinski definition) is 0. The zero-order valence-electron chi connectivity index (χ0n) is 17.1. The van der Waals surface area contributed by atoms with Crippen LogP contribution in [0.5, 0.6) is 5.75 Å². The Bertz CT molecular complexity index is 1080. The molecule has 5 nitrogen and oxygen atoms in total. The summed E-state index contributed by atoms with van der Waals surface area (Å²) in [4.78, 5) is -0.00885. The molecule has 0 spiro atoms. The minimum atomic E-state index is -4.19. The Kier molecular flexibility index (Phi) is 6.02. The van der Waals surface area contributed by atoms with E-state index < -0.39 is 38.1 Å². The molecule has 0 N–H and O–H groups in total. The lowest BCUT2D eigenvalue weighted by Gasteiger charge is -2.52. The third-order valence-electron chi connectivity index (χ3n) is 6.55. The van der Waals surface area contributed by atoms with E-state index in [0.29, 0.717) is 11.4 Å². The zero-order chi connectivity index (χ0) is 22.4. The quantitative estimate of drug-likeness (QED) is 0.646. The molecule has 31 heavy (non-hydrogen) atoms. The Morgan fingerprint density at radius 2 is 1.81 bits per heavy atom. The fraction of sp³-hybridized carbons (Fsp3) is 0.455. The summed E-state index contributed by atoms with van der Waals surface area (Å²) in [6.07, 6.45) is 0.0849. The van der Waals surface area contributed by atoms with E-state index in [4.69, 9.17) is 25.8 Å². The normalized spacial score (nSPS) is 27.8. The van der Waals surface area contributed by atoms with Gasteiger partial charge in [0.1, 0.15) is 10.6 Å². The van der Waals surface area contributed by atoms with Crippen LogP contribution >= 0.6 is 11.6 Å². The SMILES string of the molecule is COC[C@@H]1[C@H](OC)CC[C@@]2(S(=O)(=O)c3ccc(Cl)cc3)c3c(F)ccc(F)c3OC[C@@H]12. The second kappa shape index (κ2) is 8.31. The van der Waals surface area contributed by atoms with Gasteiger partial charge >= 0.3 is 0 Å². The van der Waals surface area contributed by atoms with E-state index in [-0.39, 0.29) is 41.9 Å². The maximum absolute atomic E-state index is 15.3. The van der Waals surface area contributed by atoms with Crippen molar-refractivity contribution in [2.75, 3.05) is 27.4 Å². The maximum atomic E-state index is 15.3. The van der Waals surface area contributed by atoms with Crippen molar-refractivity contribution in [3.63, 3.8) is 0 Å². The van der Waals surface area contributed by atoms with Crippen molar-refractivity contribution < 1.29 is 31.4 Å². The van der Waals surface area contributed by atoms with Crippen LogP contribution in [0, 0.1) is 23.5 Å². The first-order chi connectivity index (χ1) is 14.8. The highest BCUT2D eigenvalue weighted by molar-refractivity contribution is 7.92. The number of fused-ring (bicyclic) bond motifs is 3. The summed E-state index contributed by atoms with van der Waals surface area (Å²) < 4.78 is 73.1. The van der Waals surface area contributed by atoms with E-state index in [1.807, 2.05) is 0 Å². The Morgan fingerprint density at radius 1 is 1.13 bits per heavy atom. The first-order valence-corrected chi connectivity index (χ1v) is 11.8. The van der Waals surface area contributed by atoms with Crippen molar-refractivity contribution in [1.82, 2.24) is 0 Å². The molecule has 1 aliphatic carbocycles. The Hall–Kier alpha value is -1.74. The molecule has 4 atom stereocenters. The summed E-state index contributed by atoms with van der Waals surface area (Å²) in [7, 11) is -1.14. The predicted octanol–water partition coefficient (Wildman–Crippen LogP) is 4.37. The molecule has 0 radical (unpaired) electrons. The fourth-order valence-corrected chi connectivity index (χ4v) is 7.70. The van der Waals surface area contributed by atoms with Crippen LogP contribution in [0.2, 0.25) is 5.02 Å². The molecule has 1 aliphatic heterocycles. The van der Waals surface area contributed by atoms with Gasteiger partial charge in [0.05, 0.1) is 29.8 Å². The van der Waals surface area contributed by atoms with Crippen molar-refractivity contribution >= 4 is 21.4 Å². The lowest BCUT2D eigenvalue weighted by molar-refractivity contribution is -0.0698. The molecule has 0 amide bonds. The van der Waals surface area contributed by atoms with Crippen LogP contribution in [0.15, 0.2) is 41.3 Å². The summed E-state index contributed by atoms with van der Waals surface area (Å²) >= 11 is 5.96. The van der Waals surface area contributed by atoms with Gasteiger partial charge in [-0.2, -0.15) is 0 Å². The van der Waals surface area contributed by atoms with Crippen molar-refractivity contribution in [2.24, 2.45) is 11.8 Å². The van der Waals surface area contributed by atoms with Gasteiger partial charge in [0, 0.05) is 31.1 Å².